The maximum Gasteiger partial charge on any atom is 0.310 e. The quantitative estimate of drug-likeness (QED) is 0.577. The lowest BCUT2D eigenvalue weighted by atomic mass is 10.1. The summed E-state index contributed by atoms with van der Waals surface area (Å²) in [6.45, 7) is 5.72. The average molecular weight is 341 g/mol. The molecule has 1 saturated carbocycles. The van der Waals surface area contributed by atoms with Crippen LogP contribution >= 0.6 is 23.2 Å². The Morgan fingerprint density at radius 3 is 2.68 bits per heavy atom. The molecule has 0 saturated heterocycles. The van der Waals surface area contributed by atoms with Gasteiger partial charge < -0.3 is 4.74 Å². The molecular formula is C17H18Cl2O3. The highest BCUT2D eigenvalue weighted by atomic mass is 35.5. The molecule has 3 atom stereocenters. The van der Waals surface area contributed by atoms with Gasteiger partial charge in [-0.15, -0.1) is 12.3 Å². The van der Waals surface area contributed by atoms with Crippen LogP contribution in [0.1, 0.15) is 33.6 Å². The normalized spacial score (nSPS) is 29.1. The lowest BCUT2D eigenvalue weighted by molar-refractivity contribution is -0.150. The Morgan fingerprint density at radius 2 is 2.14 bits per heavy atom. The Morgan fingerprint density at radius 1 is 1.50 bits per heavy atom. The molecule has 22 heavy (non-hydrogen) atoms. The highest BCUT2D eigenvalue weighted by Crippen LogP contribution is 2.60. The van der Waals surface area contributed by atoms with Crippen LogP contribution < -0.4 is 0 Å². The van der Waals surface area contributed by atoms with Gasteiger partial charge in [-0.2, -0.15) is 0 Å². The summed E-state index contributed by atoms with van der Waals surface area (Å²) in [5, 5.41) is 0. The molecule has 2 rings (SSSR count). The molecular weight excluding hydrogens is 323 g/mol. The van der Waals surface area contributed by atoms with E-state index in [1.165, 1.54) is 0 Å². The van der Waals surface area contributed by atoms with E-state index in [4.69, 9.17) is 34.4 Å². The van der Waals surface area contributed by atoms with Crippen molar-refractivity contribution in [2.24, 2.45) is 17.3 Å². The van der Waals surface area contributed by atoms with Crippen molar-refractivity contribution in [3.8, 4) is 12.3 Å². The summed E-state index contributed by atoms with van der Waals surface area (Å²) in [5.41, 5.74) is 1.11. The number of hydrogen-bond acceptors (Lipinski definition) is 3. The monoisotopic (exact) mass is 340 g/mol. The second kappa shape index (κ2) is 6.10. The molecule has 0 aromatic rings. The zero-order chi connectivity index (χ0) is 16.7. The summed E-state index contributed by atoms with van der Waals surface area (Å²) >= 11 is 11.4. The first-order valence-corrected chi connectivity index (χ1v) is 7.85. The van der Waals surface area contributed by atoms with E-state index in [9.17, 15) is 9.59 Å². The number of hydrogen-bond donors (Lipinski definition) is 0. The van der Waals surface area contributed by atoms with E-state index < -0.39 is 6.10 Å². The molecule has 2 aliphatic rings. The molecule has 0 radical (unpaired) electrons. The third-order valence-corrected chi connectivity index (χ3v) is 4.93. The SMILES string of the molecule is C#CCC1=C(C)[C@@H](OC(=O)C2C(C=C(Cl)Cl)C2(C)C)CC1=O. The molecule has 2 unspecified atom stereocenters. The first-order valence-electron chi connectivity index (χ1n) is 7.09. The Bertz CT molecular complexity index is 618. The first-order chi connectivity index (χ1) is 10.2. The van der Waals surface area contributed by atoms with Crippen LogP contribution in [0.25, 0.3) is 0 Å². The summed E-state index contributed by atoms with van der Waals surface area (Å²) in [4.78, 5) is 24.3. The van der Waals surface area contributed by atoms with Gasteiger partial charge in [0.2, 0.25) is 0 Å². The molecule has 0 aliphatic heterocycles. The van der Waals surface area contributed by atoms with E-state index in [0.29, 0.717) is 5.57 Å². The van der Waals surface area contributed by atoms with E-state index >= 15 is 0 Å². The largest absolute Gasteiger partial charge is 0.457 e. The fraction of sp³-hybridized carbons (Fsp3) is 0.529. The van der Waals surface area contributed by atoms with Gasteiger partial charge in [-0.05, 0) is 29.9 Å². The van der Waals surface area contributed by atoms with Crippen LogP contribution in [0.4, 0.5) is 0 Å². The van der Waals surface area contributed by atoms with Gasteiger partial charge >= 0.3 is 5.97 Å². The molecule has 0 spiro atoms. The van der Waals surface area contributed by atoms with Crippen molar-refractivity contribution in [1.82, 2.24) is 0 Å². The second-order valence-corrected chi connectivity index (χ2v) is 7.38. The van der Waals surface area contributed by atoms with Gasteiger partial charge in [-0.3, -0.25) is 9.59 Å². The van der Waals surface area contributed by atoms with Crippen LogP contribution in [0, 0.1) is 29.6 Å². The van der Waals surface area contributed by atoms with E-state index in [1.54, 1.807) is 13.0 Å². The van der Waals surface area contributed by atoms with E-state index in [2.05, 4.69) is 5.92 Å². The van der Waals surface area contributed by atoms with Crippen molar-refractivity contribution in [2.75, 3.05) is 0 Å². The molecule has 1 fully saturated rings. The van der Waals surface area contributed by atoms with Gasteiger partial charge in [0, 0.05) is 12.0 Å². The lowest BCUT2D eigenvalue weighted by Crippen LogP contribution is -2.20. The van der Waals surface area contributed by atoms with Gasteiger partial charge in [0.05, 0.1) is 12.3 Å². The summed E-state index contributed by atoms with van der Waals surface area (Å²) in [6.07, 6.45) is 6.88. The number of carbonyl (C=O) groups is 2. The van der Waals surface area contributed by atoms with Crippen LogP contribution in [-0.4, -0.2) is 17.9 Å². The minimum absolute atomic E-state index is 0.0384. The number of allylic oxidation sites excluding steroid dienone is 2. The number of ether oxygens (including phenoxy) is 1. The maximum atomic E-state index is 12.4. The van der Waals surface area contributed by atoms with Gasteiger partial charge in [-0.1, -0.05) is 37.0 Å². The van der Waals surface area contributed by atoms with Gasteiger partial charge in [0.25, 0.3) is 0 Å². The van der Waals surface area contributed by atoms with Gasteiger partial charge in [0.15, 0.2) is 5.78 Å². The number of halogens is 2. The number of esters is 1. The van der Waals surface area contributed by atoms with Crippen LogP contribution in [0.15, 0.2) is 21.7 Å². The molecule has 0 aromatic carbocycles. The Balaban J connectivity index is 2.07. The maximum absolute atomic E-state index is 12.4. The summed E-state index contributed by atoms with van der Waals surface area (Å²) in [7, 11) is 0. The molecule has 2 aliphatic carbocycles. The van der Waals surface area contributed by atoms with Crippen molar-refractivity contribution in [3.63, 3.8) is 0 Å². The minimum Gasteiger partial charge on any atom is -0.457 e. The summed E-state index contributed by atoms with van der Waals surface area (Å²) in [6, 6.07) is 0. The van der Waals surface area contributed by atoms with Crippen molar-refractivity contribution >= 4 is 35.0 Å². The molecule has 0 heterocycles. The Kier molecular flexibility index (Phi) is 4.75. The van der Waals surface area contributed by atoms with Crippen LogP contribution in [-0.2, 0) is 14.3 Å². The predicted molar refractivity (Wildman–Crippen MR) is 86.2 cm³/mol. The molecule has 118 valence electrons. The van der Waals surface area contributed by atoms with Crippen molar-refractivity contribution in [1.29, 1.82) is 0 Å². The lowest BCUT2D eigenvalue weighted by Gasteiger charge is -2.13. The smallest absolute Gasteiger partial charge is 0.310 e. The van der Waals surface area contributed by atoms with E-state index in [1.807, 2.05) is 13.8 Å². The predicted octanol–water partition coefficient (Wildman–Crippen LogP) is 3.80. The van der Waals surface area contributed by atoms with Gasteiger partial charge in [0.1, 0.15) is 10.6 Å². The van der Waals surface area contributed by atoms with Crippen molar-refractivity contribution in [3.05, 3.63) is 21.7 Å². The van der Waals surface area contributed by atoms with Crippen LogP contribution in [0.5, 0.6) is 0 Å². The number of terminal acetylenes is 1. The Hall–Kier alpha value is -1.24. The minimum atomic E-state index is -0.504. The fourth-order valence-electron chi connectivity index (χ4n) is 3.12. The Labute approximate surface area is 140 Å². The fourth-order valence-corrected chi connectivity index (χ4v) is 3.39. The molecule has 0 bridgehead atoms. The number of Topliss-reactive ketones (excluding diaryl/α,β-unsaturated/α-hetero) is 1. The standard InChI is InChI=1S/C17H18Cl2O3/c1-5-6-10-9(2)13(8-12(10)20)22-16(21)15-11(7-14(18)19)17(15,3)4/h1,7,11,13,15H,6,8H2,2-4H3/t11?,13-,15?/m0/s1. The average Bonchev–Trinajstić information content (AvgIpc) is 2.83. The highest BCUT2D eigenvalue weighted by Gasteiger charge is 2.62. The zero-order valence-corrected chi connectivity index (χ0v) is 14.3. The number of carbonyl (C=O) groups excluding carboxylic acids is 2. The number of ketones is 1. The topological polar surface area (TPSA) is 43.4 Å². The van der Waals surface area contributed by atoms with Crippen molar-refractivity contribution in [2.45, 2.75) is 39.7 Å². The second-order valence-electron chi connectivity index (χ2n) is 6.38. The zero-order valence-electron chi connectivity index (χ0n) is 12.8. The van der Waals surface area contributed by atoms with Gasteiger partial charge in [-0.25, -0.2) is 0 Å². The first kappa shape index (κ1) is 17.1. The highest BCUT2D eigenvalue weighted by molar-refractivity contribution is 6.55. The summed E-state index contributed by atoms with van der Waals surface area (Å²) in [5.74, 6) is 1.77. The summed E-state index contributed by atoms with van der Waals surface area (Å²) < 4.78 is 5.69. The van der Waals surface area contributed by atoms with Crippen LogP contribution in [0.2, 0.25) is 0 Å². The third-order valence-electron chi connectivity index (χ3n) is 4.67. The van der Waals surface area contributed by atoms with Crippen LogP contribution in [0.3, 0.4) is 0 Å². The van der Waals surface area contributed by atoms with E-state index in [-0.39, 0.29) is 46.3 Å². The van der Waals surface area contributed by atoms with Crippen molar-refractivity contribution < 1.29 is 14.3 Å². The molecule has 0 amide bonds. The van der Waals surface area contributed by atoms with E-state index in [0.717, 1.165) is 5.57 Å². The molecule has 0 N–H and O–H groups in total. The molecule has 0 aromatic heterocycles. The molecule has 5 heteroatoms. The third kappa shape index (κ3) is 3.09. The molecule has 3 nitrogen and oxygen atoms in total. The number of rotatable bonds is 4.